The number of hydrogen-bond donors (Lipinski definition) is 1. The number of carbonyl (C=O) groups is 1. The van der Waals surface area contributed by atoms with Gasteiger partial charge in [-0.2, -0.15) is 0 Å². The van der Waals surface area contributed by atoms with E-state index in [2.05, 4.69) is 59.1 Å². The molecule has 3 rings (SSSR count). The topological polar surface area (TPSA) is 51.2 Å². The molecule has 2 aromatic carbocycles. The lowest BCUT2D eigenvalue weighted by Crippen LogP contribution is -2.12. The van der Waals surface area contributed by atoms with Gasteiger partial charge in [-0.15, -0.1) is 11.3 Å². The number of aryl methyl sites for hydroxylation is 1. The molecule has 0 unspecified atom stereocenters. The van der Waals surface area contributed by atoms with Gasteiger partial charge in [-0.3, -0.25) is 4.79 Å². The first-order valence-corrected chi connectivity index (χ1v) is 11.3. The summed E-state index contributed by atoms with van der Waals surface area (Å²) in [6, 6.07) is 14.1. The van der Waals surface area contributed by atoms with Crippen molar-refractivity contribution in [3.05, 3.63) is 63.4 Å². The number of rotatable bonds is 8. The van der Waals surface area contributed by atoms with E-state index in [0.717, 1.165) is 21.5 Å². The van der Waals surface area contributed by atoms with Crippen molar-refractivity contribution in [1.29, 1.82) is 0 Å². The Balaban J connectivity index is 1.43. The zero-order valence-electron chi connectivity index (χ0n) is 16.9. The van der Waals surface area contributed by atoms with Gasteiger partial charge in [0.25, 0.3) is 0 Å². The number of hydrogen-bond acceptors (Lipinski definition) is 4. The van der Waals surface area contributed by atoms with Crippen LogP contribution in [0.2, 0.25) is 0 Å². The van der Waals surface area contributed by atoms with E-state index in [-0.39, 0.29) is 5.91 Å². The number of thiazole rings is 1. The molecule has 0 spiro atoms. The fraction of sp³-hybridized carbons (Fsp3) is 0.304. The Bertz CT molecular complexity index is 967. The minimum atomic E-state index is -0.0448. The molecular weight excluding hydrogens is 448 g/mol. The molecule has 152 valence electrons. The molecule has 1 aromatic heterocycles. The number of nitrogens with one attached hydrogen (secondary N) is 1. The second-order valence-electron chi connectivity index (χ2n) is 7.22. The smallest absolute Gasteiger partial charge is 0.226 e. The van der Waals surface area contributed by atoms with Gasteiger partial charge in [0.15, 0.2) is 5.13 Å². The van der Waals surface area contributed by atoms with Crippen LogP contribution in [0.3, 0.4) is 0 Å². The van der Waals surface area contributed by atoms with Gasteiger partial charge in [0, 0.05) is 21.8 Å². The highest BCUT2D eigenvalue weighted by Gasteiger charge is 2.09. The summed E-state index contributed by atoms with van der Waals surface area (Å²) in [4.78, 5) is 16.7. The van der Waals surface area contributed by atoms with Crippen molar-refractivity contribution in [2.24, 2.45) is 0 Å². The van der Waals surface area contributed by atoms with E-state index in [9.17, 15) is 4.79 Å². The molecule has 29 heavy (non-hydrogen) atoms. The van der Waals surface area contributed by atoms with Crippen LogP contribution < -0.4 is 10.1 Å². The maximum atomic E-state index is 12.2. The molecule has 0 atom stereocenters. The Hall–Kier alpha value is -2.18. The Morgan fingerprint density at radius 2 is 1.97 bits per heavy atom. The number of nitrogens with zero attached hydrogens (tertiary/aromatic N) is 1. The lowest BCUT2D eigenvalue weighted by Gasteiger charge is -2.12. The number of aromatic nitrogens is 1. The maximum absolute atomic E-state index is 12.2. The van der Waals surface area contributed by atoms with Crippen LogP contribution in [0.25, 0.3) is 11.3 Å². The third-order valence-corrected chi connectivity index (χ3v) is 5.86. The second kappa shape index (κ2) is 10.0. The molecular formula is C23H25BrN2O2S. The summed E-state index contributed by atoms with van der Waals surface area (Å²) in [6.07, 6.45) is 1.05. The Labute approximate surface area is 184 Å². The van der Waals surface area contributed by atoms with Gasteiger partial charge in [0.05, 0.1) is 12.3 Å². The van der Waals surface area contributed by atoms with Crippen LogP contribution in [-0.2, 0) is 4.79 Å². The number of carbonyl (C=O) groups excluding carboxylic acids is 1. The molecule has 0 saturated heterocycles. The van der Waals surface area contributed by atoms with Crippen LogP contribution in [0.5, 0.6) is 5.75 Å². The van der Waals surface area contributed by atoms with E-state index in [4.69, 9.17) is 4.74 Å². The number of benzene rings is 2. The zero-order chi connectivity index (χ0) is 20.8. The molecule has 0 bridgehead atoms. The van der Waals surface area contributed by atoms with E-state index in [0.29, 0.717) is 30.5 Å². The lowest BCUT2D eigenvalue weighted by atomic mass is 9.98. The molecule has 0 aliphatic rings. The third-order valence-electron chi connectivity index (χ3n) is 4.57. The third kappa shape index (κ3) is 6.15. The summed E-state index contributed by atoms with van der Waals surface area (Å²) < 4.78 is 6.82. The van der Waals surface area contributed by atoms with Crippen LogP contribution in [0.1, 0.15) is 43.7 Å². The molecule has 0 fully saturated rings. The molecule has 1 N–H and O–H groups in total. The monoisotopic (exact) mass is 472 g/mol. The van der Waals surface area contributed by atoms with E-state index < -0.39 is 0 Å². The van der Waals surface area contributed by atoms with Gasteiger partial charge in [-0.25, -0.2) is 4.98 Å². The summed E-state index contributed by atoms with van der Waals surface area (Å²) in [7, 11) is 0. The van der Waals surface area contributed by atoms with Gasteiger partial charge in [-0.1, -0.05) is 48.0 Å². The number of halogens is 1. The van der Waals surface area contributed by atoms with Crippen molar-refractivity contribution in [2.45, 2.75) is 39.5 Å². The van der Waals surface area contributed by atoms with Crippen molar-refractivity contribution >= 4 is 38.3 Å². The summed E-state index contributed by atoms with van der Waals surface area (Å²) in [5, 5.41) is 5.44. The van der Waals surface area contributed by atoms with Crippen molar-refractivity contribution < 1.29 is 9.53 Å². The number of ether oxygens (including phenoxy) is 1. The SMILES string of the molecule is Cc1cc(OCCCC(=O)Nc2nc(-c3ccc(Br)cc3)cs2)ccc1C(C)C. The molecule has 1 heterocycles. The largest absolute Gasteiger partial charge is 0.494 e. The average Bonchev–Trinajstić information content (AvgIpc) is 3.14. The van der Waals surface area contributed by atoms with Crippen LogP contribution in [0.15, 0.2) is 52.3 Å². The van der Waals surface area contributed by atoms with E-state index in [1.807, 2.05) is 35.7 Å². The molecule has 0 aliphatic carbocycles. The quantitative estimate of drug-likeness (QED) is 0.366. The van der Waals surface area contributed by atoms with Crippen LogP contribution in [0, 0.1) is 6.92 Å². The fourth-order valence-electron chi connectivity index (χ4n) is 3.07. The van der Waals surface area contributed by atoms with Gasteiger partial charge in [0.1, 0.15) is 5.75 Å². The van der Waals surface area contributed by atoms with Gasteiger partial charge >= 0.3 is 0 Å². The molecule has 6 heteroatoms. The second-order valence-corrected chi connectivity index (χ2v) is 8.99. The van der Waals surface area contributed by atoms with Crippen LogP contribution in [0.4, 0.5) is 5.13 Å². The number of amides is 1. The molecule has 0 aliphatic heterocycles. The maximum Gasteiger partial charge on any atom is 0.226 e. The van der Waals surface area contributed by atoms with Crippen LogP contribution in [-0.4, -0.2) is 17.5 Å². The zero-order valence-corrected chi connectivity index (χ0v) is 19.3. The van der Waals surface area contributed by atoms with Gasteiger partial charge in [0.2, 0.25) is 5.91 Å². The predicted molar refractivity (Wildman–Crippen MR) is 124 cm³/mol. The van der Waals surface area contributed by atoms with Crippen molar-refractivity contribution in [2.75, 3.05) is 11.9 Å². The van der Waals surface area contributed by atoms with E-state index in [1.165, 1.54) is 22.5 Å². The van der Waals surface area contributed by atoms with Crippen molar-refractivity contribution in [3.63, 3.8) is 0 Å². The first-order valence-electron chi connectivity index (χ1n) is 9.67. The molecule has 1 amide bonds. The Morgan fingerprint density at radius 1 is 1.21 bits per heavy atom. The highest BCUT2D eigenvalue weighted by Crippen LogP contribution is 2.26. The summed E-state index contributed by atoms with van der Waals surface area (Å²) in [5.41, 5.74) is 4.46. The normalized spacial score (nSPS) is 10.9. The molecule has 4 nitrogen and oxygen atoms in total. The average molecular weight is 473 g/mol. The van der Waals surface area contributed by atoms with Crippen molar-refractivity contribution in [3.8, 4) is 17.0 Å². The predicted octanol–water partition coefficient (Wildman–Crippen LogP) is 6.80. The highest BCUT2D eigenvalue weighted by molar-refractivity contribution is 9.10. The summed E-state index contributed by atoms with van der Waals surface area (Å²) in [6.45, 7) is 6.99. The molecule has 0 radical (unpaired) electrons. The van der Waals surface area contributed by atoms with Crippen LogP contribution >= 0.6 is 27.3 Å². The minimum Gasteiger partial charge on any atom is -0.494 e. The number of anilines is 1. The Kier molecular flexibility index (Phi) is 7.45. The highest BCUT2D eigenvalue weighted by atomic mass is 79.9. The fourth-order valence-corrected chi connectivity index (χ4v) is 4.07. The van der Waals surface area contributed by atoms with Crippen molar-refractivity contribution in [1.82, 2.24) is 4.98 Å². The summed E-state index contributed by atoms with van der Waals surface area (Å²) in [5.74, 6) is 1.31. The first kappa shape index (κ1) is 21.5. The molecule has 0 saturated carbocycles. The molecule has 3 aromatic rings. The van der Waals surface area contributed by atoms with Gasteiger partial charge in [-0.05, 0) is 54.7 Å². The van der Waals surface area contributed by atoms with E-state index >= 15 is 0 Å². The standard InChI is InChI=1S/C23H25BrN2O2S/c1-15(2)20-11-10-19(13-16(20)3)28-12-4-5-22(27)26-23-25-21(14-29-23)17-6-8-18(24)9-7-17/h6-11,13-15H,4-5,12H2,1-3H3,(H,25,26,27). The van der Waals surface area contributed by atoms with E-state index in [1.54, 1.807) is 0 Å². The summed E-state index contributed by atoms with van der Waals surface area (Å²) >= 11 is 4.86. The lowest BCUT2D eigenvalue weighted by molar-refractivity contribution is -0.116. The Morgan fingerprint density at radius 3 is 2.66 bits per heavy atom. The minimum absolute atomic E-state index is 0.0448. The van der Waals surface area contributed by atoms with Gasteiger partial charge < -0.3 is 10.1 Å². The first-order chi connectivity index (χ1) is 13.9.